The molecular weight excluding hydrogens is 250 g/mol. The van der Waals surface area contributed by atoms with E-state index in [1.54, 1.807) is 7.05 Å². The molecule has 0 bridgehead atoms. The molecule has 0 heterocycles. The van der Waals surface area contributed by atoms with Crippen molar-refractivity contribution >= 4 is 5.96 Å². The third kappa shape index (κ3) is 5.95. The van der Waals surface area contributed by atoms with Gasteiger partial charge in [-0.2, -0.15) is 0 Å². The normalized spacial score (nSPS) is 13.8. The Morgan fingerprint density at radius 1 is 1.30 bits per heavy atom. The number of benzene rings is 1. The monoisotopic (exact) mass is 277 g/mol. The highest BCUT2D eigenvalue weighted by Gasteiger charge is 2.13. The molecule has 0 spiro atoms. The quantitative estimate of drug-likeness (QED) is 0.657. The molecule has 0 aliphatic carbocycles. The Morgan fingerprint density at radius 2 is 1.95 bits per heavy atom. The molecule has 0 fully saturated rings. The van der Waals surface area contributed by atoms with Crippen molar-refractivity contribution in [2.24, 2.45) is 4.99 Å². The van der Waals surface area contributed by atoms with Gasteiger partial charge in [-0.25, -0.2) is 0 Å². The largest absolute Gasteiger partial charge is 0.489 e. The fraction of sp³-hybridized carbons (Fsp3) is 0.562. The van der Waals surface area contributed by atoms with Crippen LogP contribution in [0, 0.1) is 6.92 Å². The average molecular weight is 277 g/mol. The van der Waals surface area contributed by atoms with Gasteiger partial charge in [-0.15, -0.1) is 0 Å². The number of ether oxygens (including phenoxy) is 1. The Labute approximate surface area is 122 Å². The van der Waals surface area contributed by atoms with Crippen LogP contribution in [0.4, 0.5) is 0 Å². The summed E-state index contributed by atoms with van der Waals surface area (Å²) >= 11 is 0. The molecule has 112 valence electrons. The number of aryl methyl sites for hydroxylation is 1. The zero-order valence-electron chi connectivity index (χ0n) is 13.4. The van der Waals surface area contributed by atoms with E-state index >= 15 is 0 Å². The lowest BCUT2D eigenvalue weighted by Gasteiger charge is -2.25. The van der Waals surface area contributed by atoms with Crippen LogP contribution in [0.25, 0.3) is 0 Å². The van der Waals surface area contributed by atoms with E-state index in [0.29, 0.717) is 6.54 Å². The third-order valence-corrected chi connectivity index (χ3v) is 2.70. The highest BCUT2D eigenvalue weighted by molar-refractivity contribution is 5.80. The molecule has 1 aromatic carbocycles. The van der Waals surface area contributed by atoms with Gasteiger partial charge in [-0.05, 0) is 46.2 Å². The van der Waals surface area contributed by atoms with Crippen LogP contribution < -0.4 is 15.4 Å². The van der Waals surface area contributed by atoms with Gasteiger partial charge in [0.05, 0.1) is 6.54 Å². The van der Waals surface area contributed by atoms with Gasteiger partial charge in [-0.3, -0.25) is 4.99 Å². The molecule has 1 aromatic rings. The highest BCUT2D eigenvalue weighted by Crippen LogP contribution is 2.17. The second kappa shape index (κ2) is 7.17. The van der Waals surface area contributed by atoms with E-state index < -0.39 is 0 Å². The molecule has 1 rings (SSSR count). The molecule has 0 amide bonds. The molecule has 0 aliphatic rings. The van der Waals surface area contributed by atoms with Gasteiger partial charge in [0.25, 0.3) is 0 Å². The summed E-state index contributed by atoms with van der Waals surface area (Å²) in [7, 11) is 1.77. The van der Waals surface area contributed by atoms with E-state index in [4.69, 9.17) is 4.74 Å². The van der Waals surface area contributed by atoms with Crippen molar-refractivity contribution < 1.29 is 4.74 Å². The van der Waals surface area contributed by atoms with Gasteiger partial charge >= 0.3 is 0 Å². The summed E-state index contributed by atoms with van der Waals surface area (Å²) in [6.45, 7) is 11.1. The number of nitrogens with one attached hydrogen (secondary N) is 2. The number of rotatable bonds is 4. The van der Waals surface area contributed by atoms with Crippen LogP contribution >= 0.6 is 0 Å². The highest BCUT2D eigenvalue weighted by atomic mass is 16.5. The molecule has 0 saturated heterocycles. The average Bonchev–Trinajstić information content (AvgIpc) is 2.36. The maximum atomic E-state index is 5.92. The minimum Gasteiger partial charge on any atom is -0.489 e. The van der Waals surface area contributed by atoms with Gasteiger partial charge in [0.1, 0.15) is 11.9 Å². The maximum Gasteiger partial charge on any atom is 0.191 e. The standard InChI is InChI=1S/C16H27N3O/c1-12-9-7-8-10-14(12)20-13(2)11-18-15(17-6)19-16(3,4)5/h7-10,13H,11H2,1-6H3,(H2,17,18,19). The summed E-state index contributed by atoms with van der Waals surface area (Å²) in [5.41, 5.74) is 1.14. The Balaban J connectivity index is 2.47. The molecule has 1 atom stereocenters. The van der Waals surface area contributed by atoms with Crippen molar-refractivity contribution in [3.05, 3.63) is 29.8 Å². The van der Waals surface area contributed by atoms with E-state index in [1.165, 1.54) is 0 Å². The first-order valence-electron chi connectivity index (χ1n) is 7.03. The Morgan fingerprint density at radius 3 is 2.50 bits per heavy atom. The van der Waals surface area contributed by atoms with E-state index in [-0.39, 0.29) is 11.6 Å². The lowest BCUT2D eigenvalue weighted by atomic mass is 10.1. The maximum absolute atomic E-state index is 5.92. The number of hydrogen-bond donors (Lipinski definition) is 2. The number of nitrogens with zero attached hydrogens (tertiary/aromatic N) is 1. The first-order chi connectivity index (χ1) is 9.31. The van der Waals surface area contributed by atoms with Gasteiger partial charge < -0.3 is 15.4 Å². The molecule has 4 heteroatoms. The van der Waals surface area contributed by atoms with Crippen LogP contribution in [0.15, 0.2) is 29.3 Å². The zero-order valence-corrected chi connectivity index (χ0v) is 13.4. The van der Waals surface area contributed by atoms with Crippen molar-refractivity contribution in [3.63, 3.8) is 0 Å². The van der Waals surface area contributed by atoms with Gasteiger partial charge in [0, 0.05) is 12.6 Å². The van der Waals surface area contributed by atoms with Gasteiger partial charge in [-0.1, -0.05) is 18.2 Å². The number of aliphatic imine (C=N–C) groups is 1. The minimum absolute atomic E-state index is 0.0119. The Bertz CT molecular complexity index is 449. The van der Waals surface area contributed by atoms with Crippen molar-refractivity contribution in [1.82, 2.24) is 10.6 Å². The summed E-state index contributed by atoms with van der Waals surface area (Å²) < 4.78 is 5.92. The zero-order chi connectivity index (χ0) is 15.2. The Kier molecular flexibility index (Phi) is 5.86. The van der Waals surface area contributed by atoms with E-state index in [0.717, 1.165) is 17.3 Å². The molecule has 0 aromatic heterocycles. The summed E-state index contributed by atoms with van der Waals surface area (Å²) in [5.74, 6) is 1.72. The molecule has 2 N–H and O–H groups in total. The van der Waals surface area contributed by atoms with Crippen molar-refractivity contribution in [1.29, 1.82) is 0 Å². The smallest absolute Gasteiger partial charge is 0.191 e. The molecule has 1 unspecified atom stereocenters. The van der Waals surface area contributed by atoms with Crippen molar-refractivity contribution in [2.75, 3.05) is 13.6 Å². The number of guanidine groups is 1. The summed E-state index contributed by atoms with van der Waals surface area (Å²) in [6, 6.07) is 8.05. The summed E-state index contributed by atoms with van der Waals surface area (Å²) in [6.07, 6.45) is 0.0645. The predicted octanol–water partition coefficient (Wildman–Crippen LogP) is 2.73. The summed E-state index contributed by atoms with van der Waals surface area (Å²) in [5, 5.41) is 6.60. The number of hydrogen-bond acceptors (Lipinski definition) is 2. The predicted molar refractivity (Wildman–Crippen MR) is 85.5 cm³/mol. The Hall–Kier alpha value is -1.71. The van der Waals surface area contributed by atoms with Crippen LogP contribution in [0.3, 0.4) is 0 Å². The van der Waals surface area contributed by atoms with Crippen LogP contribution in [0.2, 0.25) is 0 Å². The lowest BCUT2D eigenvalue weighted by Crippen LogP contribution is -2.49. The van der Waals surface area contributed by atoms with Gasteiger partial charge in [0.15, 0.2) is 5.96 Å². The van der Waals surface area contributed by atoms with Gasteiger partial charge in [0.2, 0.25) is 0 Å². The fourth-order valence-electron chi connectivity index (χ4n) is 1.72. The molecule has 0 saturated carbocycles. The first kappa shape index (κ1) is 16.3. The first-order valence-corrected chi connectivity index (χ1v) is 7.03. The molecule has 20 heavy (non-hydrogen) atoms. The minimum atomic E-state index is -0.0119. The third-order valence-electron chi connectivity index (χ3n) is 2.70. The van der Waals surface area contributed by atoms with E-state index in [1.807, 2.05) is 25.1 Å². The van der Waals surface area contributed by atoms with Crippen molar-refractivity contribution in [2.45, 2.75) is 46.3 Å². The summed E-state index contributed by atoms with van der Waals surface area (Å²) in [4.78, 5) is 4.21. The van der Waals surface area contributed by atoms with E-state index in [2.05, 4.69) is 49.4 Å². The van der Waals surface area contributed by atoms with Crippen LogP contribution in [-0.4, -0.2) is 31.2 Å². The molecular formula is C16H27N3O. The molecule has 0 aliphatic heterocycles. The lowest BCUT2D eigenvalue weighted by molar-refractivity contribution is 0.222. The second-order valence-corrected chi connectivity index (χ2v) is 6.02. The molecule has 4 nitrogen and oxygen atoms in total. The van der Waals surface area contributed by atoms with Crippen LogP contribution in [0.1, 0.15) is 33.3 Å². The molecule has 0 radical (unpaired) electrons. The van der Waals surface area contributed by atoms with Crippen LogP contribution in [-0.2, 0) is 0 Å². The SMILES string of the molecule is CN=C(NCC(C)Oc1ccccc1C)NC(C)(C)C. The van der Waals surface area contributed by atoms with Crippen LogP contribution in [0.5, 0.6) is 5.75 Å². The van der Waals surface area contributed by atoms with E-state index in [9.17, 15) is 0 Å². The topological polar surface area (TPSA) is 45.7 Å². The van der Waals surface area contributed by atoms with Crippen molar-refractivity contribution in [3.8, 4) is 5.75 Å². The number of para-hydroxylation sites is 1. The second-order valence-electron chi connectivity index (χ2n) is 6.02. The fourth-order valence-corrected chi connectivity index (χ4v) is 1.72.